The molecular weight excluding hydrogens is 763 g/mol. The third kappa shape index (κ3) is 19.4. The molecule has 0 bridgehead atoms. The Bertz CT molecular complexity index is 1140. The van der Waals surface area contributed by atoms with Crippen molar-refractivity contribution in [2.45, 2.75) is 62.4 Å². The van der Waals surface area contributed by atoms with E-state index < -0.39 is 62.2 Å². The van der Waals surface area contributed by atoms with Gasteiger partial charge < -0.3 is 72.6 Å². The van der Waals surface area contributed by atoms with Crippen molar-refractivity contribution < 1.29 is 91.5 Å². The van der Waals surface area contributed by atoms with Gasteiger partial charge >= 0.3 is 13.6 Å². The van der Waals surface area contributed by atoms with Crippen LogP contribution in [0.25, 0.3) is 0 Å². The van der Waals surface area contributed by atoms with Crippen LogP contribution in [0.2, 0.25) is 0 Å². The highest BCUT2D eigenvalue weighted by atomic mass is 31.2. The summed E-state index contributed by atoms with van der Waals surface area (Å²) >= 11 is 0. The lowest BCUT2D eigenvalue weighted by molar-refractivity contribution is -0.264. The van der Waals surface area contributed by atoms with Crippen LogP contribution in [0.15, 0.2) is 0 Å². The Balaban J connectivity index is 1.01. The normalized spacial score (nSPS) is 25.0. The molecule has 7 N–H and O–H groups in total. The number of ether oxygens (including phenoxy) is 9. The fraction of sp³-hybridized carbons (Fsp3) is 0.903. The first-order chi connectivity index (χ1) is 26.5. The topological polar surface area (TPSA) is 292 Å². The molecule has 23 nitrogen and oxygen atoms in total. The Kier molecular flexibility index (Phi) is 23.3. The SMILES string of the molecule is O=C(CCOCCOCCOCCOCCOCCOCCOCCOCC1CN([C@H]2O[C@H](CCP(=O)(O)O)[C@@H](O)[C@H](O)[C@@H]2O)NN1)ON1C(=O)CCC1=O. The Morgan fingerprint density at radius 2 is 1.15 bits per heavy atom. The predicted molar refractivity (Wildman–Crippen MR) is 183 cm³/mol. The number of carbonyl (C=O) groups excluding carboxylic acids is 3. The van der Waals surface area contributed by atoms with Gasteiger partial charge in [-0.2, -0.15) is 10.5 Å². The number of aliphatic hydroxyl groups excluding tert-OH is 3. The molecule has 0 saturated carbocycles. The van der Waals surface area contributed by atoms with E-state index in [1.165, 1.54) is 5.01 Å². The maximum Gasteiger partial charge on any atom is 0.335 e. The van der Waals surface area contributed by atoms with Gasteiger partial charge in [-0.3, -0.25) is 14.2 Å². The minimum Gasteiger partial charge on any atom is -0.388 e. The molecule has 0 aromatic carbocycles. The van der Waals surface area contributed by atoms with Gasteiger partial charge in [0, 0.05) is 19.4 Å². The molecular formula is C31H57N4O19P. The fourth-order valence-corrected chi connectivity index (χ4v) is 5.80. The van der Waals surface area contributed by atoms with Gasteiger partial charge in [-0.25, -0.2) is 10.2 Å². The van der Waals surface area contributed by atoms with Crippen molar-refractivity contribution in [3.8, 4) is 0 Å². The van der Waals surface area contributed by atoms with E-state index in [9.17, 15) is 34.3 Å². The number of rotatable bonds is 31. The minimum atomic E-state index is -4.33. The van der Waals surface area contributed by atoms with E-state index in [0.29, 0.717) is 104 Å². The molecule has 3 rings (SSSR count). The molecule has 0 aromatic heterocycles. The highest BCUT2D eigenvalue weighted by Gasteiger charge is 2.47. The van der Waals surface area contributed by atoms with Crippen molar-refractivity contribution in [1.82, 2.24) is 21.0 Å². The molecule has 24 heteroatoms. The summed E-state index contributed by atoms with van der Waals surface area (Å²) in [6, 6.07) is -0.202. The zero-order valence-electron chi connectivity index (χ0n) is 30.8. The summed E-state index contributed by atoms with van der Waals surface area (Å²) in [5.74, 6) is -1.77. The number of carbonyl (C=O) groups is 3. The van der Waals surface area contributed by atoms with E-state index >= 15 is 0 Å². The van der Waals surface area contributed by atoms with Gasteiger partial charge in [-0.15, -0.1) is 5.06 Å². The molecule has 3 fully saturated rings. The average Bonchev–Trinajstić information content (AvgIpc) is 3.75. The summed E-state index contributed by atoms with van der Waals surface area (Å²) in [5.41, 5.74) is 5.81. The van der Waals surface area contributed by atoms with Crippen LogP contribution in [0.3, 0.4) is 0 Å². The predicted octanol–water partition coefficient (Wildman–Crippen LogP) is -3.81. The Morgan fingerprint density at radius 1 is 0.691 bits per heavy atom. The molecule has 0 aromatic rings. The second-order valence-electron chi connectivity index (χ2n) is 12.5. The quantitative estimate of drug-likeness (QED) is 0.0200. The maximum atomic E-state index is 11.7. The molecule has 6 atom stereocenters. The van der Waals surface area contributed by atoms with Crippen LogP contribution >= 0.6 is 7.60 Å². The van der Waals surface area contributed by atoms with E-state index in [4.69, 9.17) is 57.3 Å². The molecule has 3 heterocycles. The molecule has 0 spiro atoms. The molecule has 3 saturated heterocycles. The highest BCUT2D eigenvalue weighted by Crippen LogP contribution is 2.37. The van der Waals surface area contributed by atoms with Crippen LogP contribution in [0.1, 0.15) is 25.7 Å². The van der Waals surface area contributed by atoms with Crippen LogP contribution in [0.4, 0.5) is 0 Å². The second-order valence-corrected chi connectivity index (χ2v) is 14.3. The summed E-state index contributed by atoms with van der Waals surface area (Å²) in [4.78, 5) is 57.5. The number of imide groups is 1. The van der Waals surface area contributed by atoms with Crippen molar-refractivity contribution in [2.24, 2.45) is 0 Å². The lowest BCUT2D eigenvalue weighted by Gasteiger charge is -2.43. The first-order valence-corrected chi connectivity index (χ1v) is 20.0. The lowest BCUT2D eigenvalue weighted by atomic mass is 9.96. The summed E-state index contributed by atoms with van der Waals surface area (Å²) in [6.45, 7) is 5.89. The zero-order chi connectivity index (χ0) is 39.9. The number of nitrogens with one attached hydrogen (secondary N) is 2. The van der Waals surface area contributed by atoms with Gasteiger partial charge in [-0.05, 0) is 6.42 Å². The van der Waals surface area contributed by atoms with E-state index in [1.54, 1.807) is 0 Å². The molecule has 1 unspecified atom stereocenters. The number of hydrogen-bond donors (Lipinski definition) is 7. The van der Waals surface area contributed by atoms with E-state index in [0.717, 1.165) is 0 Å². The number of hydrazine groups is 2. The first-order valence-electron chi connectivity index (χ1n) is 18.2. The third-order valence-corrected chi connectivity index (χ3v) is 8.94. The number of amides is 2. The summed E-state index contributed by atoms with van der Waals surface area (Å²) < 4.78 is 60.5. The van der Waals surface area contributed by atoms with Gasteiger partial charge in [0.1, 0.15) is 18.3 Å². The lowest BCUT2D eigenvalue weighted by Crippen LogP contribution is -2.64. The van der Waals surface area contributed by atoms with Crippen LogP contribution < -0.4 is 11.0 Å². The molecule has 0 aliphatic carbocycles. The highest BCUT2D eigenvalue weighted by molar-refractivity contribution is 7.51. The molecule has 3 aliphatic rings. The van der Waals surface area contributed by atoms with Gasteiger partial charge in [0.25, 0.3) is 11.8 Å². The van der Waals surface area contributed by atoms with Crippen molar-refractivity contribution in [3.63, 3.8) is 0 Å². The van der Waals surface area contributed by atoms with Crippen LogP contribution in [0.5, 0.6) is 0 Å². The largest absolute Gasteiger partial charge is 0.388 e. The molecule has 3 aliphatic heterocycles. The Labute approximate surface area is 318 Å². The van der Waals surface area contributed by atoms with Crippen LogP contribution in [-0.2, 0) is 66.4 Å². The first kappa shape index (κ1) is 47.5. The van der Waals surface area contributed by atoms with Gasteiger partial charge in [0.15, 0.2) is 6.23 Å². The molecule has 0 radical (unpaired) electrons. The van der Waals surface area contributed by atoms with Crippen molar-refractivity contribution in [2.75, 3.05) is 118 Å². The maximum absolute atomic E-state index is 11.7. The van der Waals surface area contributed by atoms with E-state index in [-0.39, 0.29) is 44.9 Å². The summed E-state index contributed by atoms with van der Waals surface area (Å²) in [6.07, 6.45) is -7.40. The average molecular weight is 821 g/mol. The van der Waals surface area contributed by atoms with Crippen molar-refractivity contribution in [3.05, 3.63) is 0 Å². The van der Waals surface area contributed by atoms with E-state index in [2.05, 4.69) is 11.0 Å². The summed E-state index contributed by atoms with van der Waals surface area (Å²) in [5, 5.41) is 32.8. The van der Waals surface area contributed by atoms with Crippen LogP contribution in [0, 0.1) is 0 Å². The fourth-order valence-electron chi connectivity index (χ4n) is 5.21. The van der Waals surface area contributed by atoms with Crippen LogP contribution in [-0.4, -0.2) is 208 Å². The molecule has 320 valence electrons. The minimum absolute atomic E-state index is 0.0443. The van der Waals surface area contributed by atoms with Crippen molar-refractivity contribution in [1.29, 1.82) is 0 Å². The molecule has 2 amide bonds. The smallest absolute Gasteiger partial charge is 0.335 e. The van der Waals surface area contributed by atoms with Gasteiger partial charge in [-0.1, -0.05) is 0 Å². The summed E-state index contributed by atoms with van der Waals surface area (Å²) in [7, 11) is -4.33. The number of aliphatic hydroxyl groups is 3. The zero-order valence-corrected chi connectivity index (χ0v) is 31.7. The Morgan fingerprint density at radius 3 is 1.62 bits per heavy atom. The number of nitrogens with zero attached hydrogens (tertiary/aromatic N) is 2. The van der Waals surface area contributed by atoms with Crippen molar-refractivity contribution >= 4 is 25.4 Å². The number of hydrogen-bond acceptors (Lipinski definition) is 20. The Hall–Kier alpha value is -1.84. The van der Waals surface area contributed by atoms with Gasteiger partial charge in [0.05, 0.1) is 130 Å². The standard InChI is InChI=1S/C31H57N4O19P/c36-25-1-2-26(37)35(25)54-27(38)3-5-45-6-7-46-8-9-47-10-11-48-12-13-49-14-15-50-16-17-51-18-19-52-22-23-21-34(33-32-23)31-30(41)29(40)28(39)24(53-31)4-20-55(42,43)44/h23-24,28-33,39-41H,1-22H2,(H2,42,43,44)/t23?,24-,28-,29+,30+,31+/m1/s1. The van der Waals surface area contributed by atoms with E-state index in [1.807, 2.05) is 0 Å². The monoisotopic (exact) mass is 820 g/mol. The number of hydroxylamine groups is 2. The second kappa shape index (κ2) is 27.0. The molecule has 55 heavy (non-hydrogen) atoms. The van der Waals surface area contributed by atoms with Gasteiger partial charge in [0.2, 0.25) is 0 Å². The third-order valence-electron chi connectivity index (χ3n) is 8.10.